The largest absolute Gasteiger partial charge is 0.248 e. The summed E-state index contributed by atoms with van der Waals surface area (Å²) >= 11 is 0. The smallest absolute Gasteiger partial charge is 0.124 e. The molecule has 0 aliphatic carbocycles. The third-order valence-corrected chi connectivity index (χ3v) is 4.15. The van der Waals surface area contributed by atoms with Crippen LogP contribution in [0.25, 0.3) is 33.8 Å². The van der Waals surface area contributed by atoms with Crippen LogP contribution in [0.3, 0.4) is 0 Å². The fourth-order valence-corrected chi connectivity index (χ4v) is 2.83. The summed E-state index contributed by atoms with van der Waals surface area (Å²) in [6, 6.07) is 23.3. The van der Waals surface area contributed by atoms with Gasteiger partial charge in [0.25, 0.3) is 0 Å². The number of rotatable bonds is 3. The first-order chi connectivity index (χ1) is 13.2. The van der Waals surface area contributed by atoms with Crippen LogP contribution < -0.4 is 0 Å². The highest BCUT2D eigenvalue weighted by molar-refractivity contribution is 5.72. The van der Waals surface area contributed by atoms with Crippen molar-refractivity contribution in [3.63, 3.8) is 0 Å². The Kier molecular flexibility index (Phi) is 4.38. The fourth-order valence-electron chi connectivity index (χ4n) is 2.83. The average Bonchev–Trinajstić information content (AvgIpc) is 2.74. The maximum atomic E-state index is 13.4. The normalized spacial score (nSPS) is 10.4. The second-order valence-electron chi connectivity index (χ2n) is 5.91. The maximum Gasteiger partial charge on any atom is 0.124 e. The zero-order valence-corrected chi connectivity index (χ0v) is 14.2. The number of nitriles is 1. The van der Waals surface area contributed by atoms with Crippen LogP contribution in [0, 0.1) is 17.1 Å². The summed E-state index contributed by atoms with van der Waals surface area (Å²) in [5.41, 5.74) is 4.66. The number of hydrogen-bond donors (Lipinski definition) is 0. The van der Waals surface area contributed by atoms with Gasteiger partial charge < -0.3 is 0 Å². The van der Waals surface area contributed by atoms with Crippen molar-refractivity contribution in [1.82, 2.24) is 15.2 Å². The molecule has 4 aromatic rings. The van der Waals surface area contributed by atoms with Gasteiger partial charge in [0.1, 0.15) is 5.82 Å². The second kappa shape index (κ2) is 7.14. The Labute approximate surface area is 155 Å². The molecule has 0 saturated heterocycles. The molecule has 2 heterocycles. The van der Waals surface area contributed by atoms with Crippen molar-refractivity contribution in [3.8, 4) is 39.8 Å². The van der Waals surface area contributed by atoms with Gasteiger partial charge in [0.2, 0.25) is 0 Å². The first kappa shape index (κ1) is 16.6. The van der Waals surface area contributed by atoms with Gasteiger partial charge >= 0.3 is 0 Å². The van der Waals surface area contributed by atoms with Gasteiger partial charge in [-0.05, 0) is 36.4 Å². The molecule has 0 atom stereocenters. The number of hydrogen-bond acceptors (Lipinski definition) is 4. The molecular weight excluding hydrogens is 339 g/mol. The molecule has 0 radical (unpaired) electrons. The zero-order valence-electron chi connectivity index (χ0n) is 14.2. The minimum Gasteiger partial charge on any atom is -0.248 e. The molecule has 2 aromatic carbocycles. The van der Waals surface area contributed by atoms with Crippen molar-refractivity contribution in [2.75, 3.05) is 0 Å². The van der Waals surface area contributed by atoms with Crippen molar-refractivity contribution in [1.29, 1.82) is 5.26 Å². The summed E-state index contributed by atoms with van der Waals surface area (Å²) < 4.78 is 13.4. The Morgan fingerprint density at radius 2 is 1.59 bits per heavy atom. The van der Waals surface area contributed by atoms with Crippen molar-refractivity contribution < 1.29 is 4.39 Å². The number of pyridine rings is 1. The number of benzene rings is 2. The molecule has 0 amide bonds. The molecule has 0 fully saturated rings. The molecule has 4 nitrogen and oxygen atoms in total. The minimum atomic E-state index is -0.447. The quantitative estimate of drug-likeness (QED) is 0.527. The van der Waals surface area contributed by atoms with Gasteiger partial charge in [-0.2, -0.15) is 15.5 Å². The second-order valence-corrected chi connectivity index (χ2v) is 5.91. The predicted molar refractivity (Wildman–Crippen MR) is 101 cm³/mol. The first-order valence-electron chi connectivity index (χ1n) is 8.30. The zero-order chi connectivity index (χ0) is 18.6. The van der Waals surface area contributed by atoms with Gasteiger partial charge in [-0.15, -0.1) is 0 Å². The predicted octanol–water partition coefficient (Wildman–Crippen LogP) is 4.88. The lowest BCUT2D eigenvalue weighted by Gasteiger charge is -2.07. The highest BCUT2D eigenvalue weighted by Crippen LogP contribution is 2.27. The van der Waals surface area contributed by atoms with E-state index in [0.29, 0.717) is 17.0 Å². The molecule has 0 bridgehead atoms. The van der Waals surface area contributed by atoms with Crippen LogP contribution in [0.15, 0.2) is 79.0 Å². The summed E-state index contributed by atoms with van der Waals surface area (Å²) in [5.74, 6) is -0.447. The molecule has 0 spiro atoms. The molecule has 0 aliphatic heterocycles. The number of halogens is 1. The van der Waals surface area contributed by atoms with E-state index in [1.54, 1.807) is 18.3 Å². The van der Waals surface area contributed by atoms with Gasteiger partial charge in [-0.1, -0.05) is 36.4 Å². The Hall–Kier alpha value is -3.91. The molecule has 2 aromatic heterocycles. The SMILES string of the molecule is N#Cc1cc(F)ccc1-c1cccc(-c2cnnc(-c3ccccc3)c2)n1. The summed E-state index contributed by atoms with van der Waals surface area (Å²) in [6.45, 7) is 0. The number of nitrogens with zero attached hydrogens (tertiary/aromatic N) is 4. The minimum absolute atomic E-state index is 0.248. The molecule has 4 rings (SSSR count). The van der Waals surface area contributed by atoms with E-state index < -0.39 is 5.82 Å². The van der Waals surface area contributed by atoms with Crippen LogP contribution in [-0.4, -0.2) is 15.2 Å². The van der Waals surface area contributed by atoms with E-state index >= 15 is 0 Å². The van der Waals surface area contributed by atoms with E-state index in [0.717, 1.165) is 16.8 Å². The fraction of sp³-hybridized carbons (Fsp3) is 0. The Morgan fingerprint density at radius 3 is 2.41 bits per heavy atom. The van der Waals surface area contributed by atoms with E-state index in [4.69, 9.17) is 0 Å². The monoisotopic (exact) mass is 352 g/mol. The molecule has 128 valence electrons. The lowest BCUT2D eigenvalue weighted by atomic mass is 10.0. The van der Waals surface area contributed by atoms with E-state index in [1.165, 1.54) is 12.1 Å². The average molecular weight is 352 g/mol. The molecule has 0 N–H and O–H groups in total. The van der Waals surface area contributed by atoms with Crippen molar-refractivity contribution >= 4 is 0 Å². The topological polar surface area (TPSA) is 62.5 Å². The molecule has 5 heteroatoms. The Bertz CT molecular complexity index is 1150. The molecule has 27 heavy (non-hydrogen) atoms. The van der Waals surface area contributed by atoms with E-state index in [9.17, 15) is 9.65 Å². The van der Waals surface area contributed by atoms with Crippen LogP contribution >= 0.6 is 0 Å². The van der Waals surface area contributed by atoms with Crippen LogP contribution in [0.5, 0.6) is 0 Å². The number of aromatic nitrogens is 3. The summed E-state index contributed by atoms with van der Waals surface area (Å²) in [4.78, 5) is 4.64. The lowest BCUT2D eigenvalue weighted by Crippen LogP contribution is -1.94. The maximum absolute atomic E-state index is 13.4. The molecule has 0 saturated carbocycles. The van der Waals surface area contributed by atoms with Gasteiger partial charge in [-0.25, -0.2) is 9.37 Å². The van der Waals surface area contributed by atoms with Crippen LogP contribution in [0.1, 0.15) is 5.56 Å². The molecular formula is C22H13FN4. The summed E-state index contributed by atoms with van der Waals surface area (Å²) in [7, 11) is 0. The highest BCUT2D eigenvalue weighted by atomic mass is 19.1. The third-order valence-electron chi connectivity index (χ3n) is 4.15. The standard InChI is InChI=1S/C22H13FN4/c23-18-9-10-19(16(11-18)13-24)21-8-4-7-20(26-21)17-12-22(27-25-14-17)15-5-2-1-3-6-15/h1-12,14H. The van der Waals surface area contributed by atoms with Crippen LogP contribution in [0.4, 0.5) is 4.39 Å². The van der Waals surface area contributed by atoms with Crippen LogP contribution in [0.2, 0.25) is 0 Å². The van der Waals surface area contributed by atoms with Crippen molar-refractivity contribution in [2.45, 2.75) is 0 Å². The molecule has 0 aliphatic rings. The van der Waals surface area contributed by atoms with E-state index in [2.05, 4.69) is 15.2 Å². The third kappa shape index (κ3) is 3.42. The Morgan fingerprint density at radius 1 is 0.778 bits per heavy atom. The van der Waals surface area contributed by atoms with Crippen LogP contribution in [-0.2, 0) is 0 Å². The lowest BCUT2D eigenvalue weighted by molar-refractivity contribution is 0.627. The summed E-state index contributed by atoms with van der Waals surface area (Å²) in [5, 5.41) is 17.6. The first-order valence-corrected chi connectivity index (χ1v) is 8.30. The van der Waals surface area contributed by atoms with Gasteiger partial charge in [-0.3, -0.25) is 0 Å². The Balaban J connectivity index is 1.77. The van der Waals surface area contributed by atoms with Crippen molar-refractivity contribution in [3.05, 3.63) is 90.4 Å². The van der Waals surface area contributed by atoms with Gasteiger partial charge in [0, 0.05) is 16.7 Å². The van der Waals surface area contributed by atoms with Crippen molar-refractivity contribution in [2.24, 2.45) is 0 Å². The molecule has 0 unspecified atom stereocenters. The van der Waals surface area contributed by atoms with E-state index in [1.807, 2.05) is 54.6 Å². The highest BCUT2D eigenvalue weighted by Gasteiger charge is 2.10. The van der Waals surface area contributed by atoms with Gasteiger partial charge in [0.05, 0.1) is 34.9 Å². The van der Waals surface area contributed by atoms with Gasteiger partial charge in [0.15, 0.2) is 0 Å². The summed E-state index contributed by atoms with van der Waals surface area (Å²) in [6.07, 6.45) is 1.65. The van der Waals surface area contributed by atoms with E-state index in [-0.39, 0.29) is 5.56 Å².